The number of aliphatic hydroxyl groups excluding tert-OH is 1. The molecule has 0 saturated heterocycles. The van der Waals surface area contributed by atoms with Crippen LogP contribution in [0.3, 0.4) is 0 Å². The predicted molar refractivity (Wildman–Crippen MR) is 51.1 cm³/mol. The van der Waals surface area contributed by atoms with Crippen molar-refractivity contribution >= 4 is 11.6 Å². The molecule has 74 valence electrons. The third-order valence-corrected chi connectivity index (χ3v) is 1.62. The van der Waals surface area contributed by atoms with Crippen LogP contribution in [0.5, 0.6) is 0 Å². The number of halogens is 1. The van der Waals surface area contributed by atoms with Gasteiger partial charge in [0.15, 0.2) is 0 Å². The summed E-state index contributed by atoms with van der Waals surface area (Å²) < 4.78 is 0. The van der Waals surface area contributed by atoms with Crippen LogP contribution in [0.1, 0.15) is 20.8 Å². The van der Waals surface area contributed by atoms with Crippen molar-refractivity contribution in [2.75, 3.05) is 0 Å². The second kappa shape index (κ2) is 4.87. The maximum Gasteiger partial charge on any atom is 0.286 e. The minimum atomic E-state index is -0.624. The van der Waals surface area contributed by atoms with Crippen molar-refractivity contribution in [2.45, 2.75) is 20.8 Å². The molecule has 0 atom stereocenters. The first kappa shape index (κ1) is 12.0. The Morgan fingerprint density at radius 3 is 2.31 bits per heavy atom. The Labute approximate surface area is 81.7 Å². The van der Waals surface area contributed by atoms with Gasteiger partial charge in [-0.2, -0.15) is 0 Å². The summed E-state index contributed by atoms with van der Waals surface area (Å²) in [7, 11) is 0. The molecular formula is C8H12ClNO3. The zero-order valence-electron chi connectivity index (χ0n) is 7.74. The van der Waals surface area contributed by atoms with Gasteiger partial charge in [-0.1, -0.05) is 25.4 Å². The maximum absolute atomic E-state index is 10.4. The third kappa shape index (κ3) is 3.94. The highest BCUT2D eigenvalue weighted by molar-refractivity contribution is 6.29. The molecule has 0 aliphatic carbocycles. The van der Waals surface area contributed by atoms with Gasteiger partial charge in [0.25, 0.3) is 5.70 Å². The maximum atomic E-state index is 10.4. The fourth-order valence-corrected chi connectivity index (χ4v) is 0.708. The van der Waals surface area contributed by atoms with Gasteiger partial charge in [-0.05, 0) is 6.92 Å². The quantitative estimate of drug-likeness (QED) is 0.334. The van der Waals surface area contributed by atoms with Crippen LogP contribution in [0.25, 0.3) is 0 Å². The molecule has 0 fully saturated rings. The number of allylic oxidation sites excluding steroid dienone is 3. The van der Waals surface area contributed by atoms with Crippen LogP contribution in [0.4, 0.5) is 0 Å². The Kier molecular flexibility index (Phi) is 4.48. The van der Waals surface area contributed by atoms with Gasteiger partial charge < -0.3 is 5.11 Å². The highest BCUT2D eigenvalue weighted by atomic mass is 35.5. The van der Waals surface area contributed by atoms with E-state index in [1.54, 1.807) is 13.8 Å². The number of nitrogens with zero attached hydrogens (tertiary/aromatic N) is 1. The second-order valence-electron chi connectivity index (χ2n) is 2.90. The van der Waals surface area contributed by atoms with Gasteiger partial charge in [-0.25, -0.2) is 0 Å². The molecule has 13 heavy (non-hydrogen) atoms. The minimum Gasteiger partial charge on any atom is -0.512 e. The van der Waals surface area contributed by atoms with Crippen LogP contribution < -0.4 is 0 Å². The highest BCUT2D eigenvalue weighted by Gasteiger charge is 2.13. The number of hydrogen-bond acceptors (Lipinski definition) is 3. The van der Waals surface area contributed by atoms with Crippen LogP contribution >= 0.6 is 11.6 Å². The van der Waals surface area contributed by atoms with Gasteiger partial charge in [0, 0.05) is 5.92 Å². The lowest BCUT2D eigenvalue weighted by molar-refractivity contribution is -0.419. The smallest absolute Gasteiger partial charge is 0.286 e. The Bertz CT molecular complexity index is 265. The summed E-state index contributed by atoms with van der Waals surface area (Å²) in [4.78, 5) is 9.78. The largest absolute Gasteiger partial charge is 0.512 e. The molecule has 0 rings (SSSR count). The first-order chi connectivity index (χ1) is 5.86. The molecule has 0 saturated carbocycles. The van der Waals surface area contributed by atoms with Gasteiger partial charge in [0.05, 0.1) is 16.0 Å². The molecule has 5 heteroatoms. The summed E-state index contributed by atoms with van der Waals surface area (Å²) in [6.45, 7) is 4.86. The molecule has 0 aliphatic rings. The highest BCUT2D eigenvalue weighted by Crippen LogP contribution is 2.15. The van der Waals surface area contributed by atoms with E-state index in [-0.39, 0.29) is 22.4 Å². The summed E-state index contributed by atoms with van der Waals surface area (Å²) in [5.41, 5.74) is -0.270. The molecule has 0 aromatic carbocycles. The van der Waals surface area contributed by atoms with Gasteiger partial charge >= 0.3 is 0 Å². The minimum absolute atomic E-state index is 0.0494. The van der Waals surface area contributed by atoms with Crippen molar-refractivity contribution in [3.63, 3.8) is 0 Å². The van der Waals surface area contributed by atoms with Crippen LogP contribution in [0.15, 0.2) is 22.6 Å². The van der Waals surface area contributed by atoms with E-state index >= 15 is 0 Å². The van der Waals surface area contributed by atoms with Gasteiger partial charge in [-0.15, -0.1) is 0 Å². The summed E-state index contributed by atoms with van der Waals surface area (Å²) >= 11 is 5.47. The molecule has 0 spiro atoms. The van der Waals surface area contributed by atoms with Crippen molar-refractivity contribution in [3.05, 3.63) is 32.7 Å². The second-order valence-corrected chi connectivity index (χ2v) is 3.47. The lowest BCUT2D eigenvalue weighted by Crippen LogP contribution is -2.01. The van der Waals surface area contributed by atoms with E-state index in [9.17, 15) is 15.2 Å². The number of hydrogen-bond donors (Lipinski definition) is 1. The molecule has 0 aliphatic heterocycles. The Hall–Kier alpha value is -1.03. The lowest BCUT2D eigenvalue weighted by atomic mass is 10.1. The van der Waals surface area contributed by atoms with Crippen LogP contribution in [-0.2, 0) is 0 Å². The standard InChI is InChI=1S/C8H12ClNO3/c1-5(2)8(11)4-7(6(3)9)10(12)13/h4-5,11H,1-3H3/b7-6-,8-4+. The first-order valence-corrected chi connectivity index (χ1v) is 4.15. The lowest BCUT2D eigenvalue weighted by Gasteiger charge is -2.01. The van der Waals surface area contributed by atoms with E-state index < -0.39 is 4.92 Å². The van der Waals surface area contributed by atoms with Crippen LogP contribution in [-0.4, -0.2) is 10.0 Å². The van der Waals surface area contributed by atoms with Gasteiger partial charge in [0.1, 0.15) is 5.76 Å². The molecule has 0 aromatic heterocycles. The van der Waals surface area contributed by atoms with Crippen LogP contribution in [0, 0.1) is 16.0 Å². The van der Waals surface area contributed by atoms with Crippen LogP contribution in [0.2, 0.25) is 0 Å². The van der Waals surface area contributed by atoms with E-state index in [0.29, 0.717) is 0 Å². The molecule has 0 unspecified atom stereocenters. The van der Waals surface area contributed by atoms with Crippen molar-refractivity contribution in [3.8, 4) is 0 Å². The van der Waals surface area contributed by atoms with Crippen molar-refractivity contribution in [2.24, 2.45) is 5.92 Å². The molecule has 0 bridgehead atoms. The normalized spacial score (nSPS) is 14.4. The summed E-state index contributed by atoms with van der Waals surface area (Å²) in [5.74, 6) is -0.197. The average molecular weight is 206 g/mol. The molecule has 0 heterocycles. The number of nitro groups is 1. The monoisotopic (exact) mass is 205 g/mol. The van der Waals surface area contributed by atoms with E-state index in [1.807, 2.05) is 0 Å². The SMILES string of the molecule is C/C(Cl)=C(\C=C(\O)C(C)C)[N+](=O)[O-]. The van der Waals surface area contributed by atoms with E-state index in [4.69, 9.17) is 11.6 Å². The molecule has 0 radical (unpaired) electrons. The summed E-state index contributed by atoms with van der Waals surface area (Å²) in [5, 5.41) is 19.7. The molecular weight excluding hydrogens is 194 g/mol. The fraction of sp³-hybridized carbons (Fsp3) is 0.500. The molecule has 4 nitrogen and oxygen atoms in total. The molecule has 1 N–H and O–H groups in total. The van der Waals surface area contributed by atoms with Crippen molar-refractivity contribution in [1.82, 2.24) is 0 Å². The summed E-state index contributed by atoms with van der Waals surface area (Å²) in [6, 6.07) is 0. The third-order valence-electron chi connectivity index (χ3n) is 1.43. The van der Waals surface area contributed by atoms with Gasteiger partial charge in [0.2, 0.25) is 0 Å². The van der Waals surface area contributed by atoms with E-state index in [0.717, 1.165) is 6.08 Å². The van der Waals surface area contributed by atoms with Gasteiger partial charge in [-0.3, -0.25) is 10.1 Å². The number of rotatable bonds is 3. The summed E-state index contributed by atoms with van der Waals surface area (Å²) in [6.07, 6.45) is 1.08. The average Bonchev–Trinajstić information content (AvgIpc) is 1.97. The first-order valence-electron chi connectivity index (χ1n) is 3.77. The Balaban J connectivity index is 4.94. The zero-order chi connectivity index (χ0) is 10.6. The molecule has 0 amide bonds. The zero-order valence-corrected chi connectivity index (χ0v) is 8.50. The van der Waals surface area contributed by atoms with Crippen molar-refractivity contribution < 1.29 is 10.0 Å². The number of aliphatic hydroxyl groups is 1. The van der Waals surface area contributed by atoms with E-state index in [1.165, 1.54) is 6.92 Å². The fourth-order valence-electron chi connectivity index (χ4n) is 0.585. The Morgan fingerprint density at radius 1 is 1.62 bits per heavy atom. The predicted octanol–water partition coefficient (Wildman–Crippen LogP) is 2.83. The topological polar surface area (TPSA) is 63.4 Å². The molecule has 0 aromatic rings. The van der Waals surface area contributed by atoms with Crippen molar-refractivity contribution in [1.29, 1.82) is 0 Å². The van der Waals surface area contributed by atoms with E-state index in [2.05, 4.69) is 0 Å². The Morgan fingerprint density at radius 2 is 2.08 bits per heavy atom.